The molecule has 26 heavy (non-hydrogen) atoms. The van der Waals surface area contributed by atoms with Crippen LogP contribution < -0.4 is 14.1 Å². The van der Waals surface area contributed by atoms with Gasteiger partial charge in [-0.3, -0.25) is 0 Å². The number of allylic oxidation sites excluding steroid dienone is 2. The summed E-state index contributed by atoms with van der Waals surface area (Å²) >= 11 is 0. The molecule has 1 saturated carbocycles. The molecule has 6 heteroatoms. The molecule has 0 aliphatic heterocycles. The van der Waals surface area contributed by atoms with Crippen LogP contribution in [0.3, 0.4) is 0 Å². The molecule has 142 valence electrons. The lowest BCUT2D eigenvalue weighted by Gasteiger charge is -2.47. The number of methoxy groups -OCH3 is 1. The highest BCUT2D eigenvalue weighted by molar-refractivity contribution is 7.84. The number of aryl methyl sites for hydroxylation is 1. The maximum absolute atomic E-state index is 11.4. The van der Waals surface area contributed by atoms with Crippen molar-refractivity contribution in [1.82, 2.24) is 0 Å². The minimum Gasteiger partial charge on any atom is -0.493 e. The molecule has 0 radical (unpaired) electrons. The van der Waals surface area contributed by atoms with Crippen molar-refractivity contribution in [1.29, 1.82) is 0 Å². The predicted molar refractivity (Wildman–Crippen MR) is 101 cm³/mol. The largest absolute Gasteiger partial charge is 0.493 e. The first kappa shape index (κ1) is 17.9. The van der Waals surface area contributed by atoms with E-state index in [0.29, 0.717) is 23.0 Å². The summed E-state index contributed by atoms with van der Waals surface area (Å²) in [5, 5.41) is 5.05. The summed E-state index contributed by atoms with van der Waals surface area (Å²) in [7, 11) is -2.54. The fraction of sp³-hybridized carbons (Fsp3) is 0.600. The Labute approximate surface area is 155 Å². The number of rotatable bonds is 4. The number of hydrogen-bond donors (Lipinski definition) is 1. The van der Waals surface area contributed by atoms with Gasteiger partial charge in [0, 0.05) is 0 Å². The summed E-state index contributed by atoms with van der Waals surface area (Å²) < 4.78 is 33.0. The van der Waals surface area contributed by atoms with Crippen LogP contribution in [0.4, 0.5) is 0 Å². The van der Waals surface area contributed by atoms with Crippen molar-refractivity contribution in [2.45, 2.75) is 57.8 Å². The zero-order chi connectivity index (χ0) is 18.5. The molecule has 0 unspecified atom stereocenters. The van der Waals surface area contributed by atoms with Crippen LogP contribution in [-0.2, 0) is 16.7 Å². The Bertz CT molecular complexity index is 861. The van der Waals surface area contributed by atoms with Crippen molar-refractivity contribution in [2.24, 2.45) is 16.5 Å². The normalized spacial score (nSPS) is 30.0. The minimum absolute atomic E-state index is 0.186. The Kier molecular flexibility index (Phi) is 4.31. The van der Waals surface area contributed by atoms with Gasteiger partial charge >= 0.3 is 10.3 Å². The van der Waals surface area contributed by atoms with Crippen molar-refractivity contribution in [2.75, 3.05) is 7.11 Å². The average molecular weight is 378 g/mol. The van der Waals surface area contributed by atoms with E-state index in [2.05, 4.69) is 13.0 Å². The Morgan fingerprint density at radius 3 is 2.69 bits per heavy atom. The van der Waals surface area contributed by atoms with Gasteiger partial charge in [0.1, 0.15) is 0 Å². The smallest absolute Gasteiger partial charge is 0.380 e. The second-order valence-electron chi connectivity index (χ2n) is 7.90. The highest BCUT2D eigenvalue weighted by Crippen LogP contribution is 2.60. The monoisotopic (exact) mass is 377 g/mol. The number of ether oxygens (including phenoxy) is 1. The SMILES string of the molecule is CC[C@@]12CCC=C1[C@@H]1CCc3cc(OS(N)(=O)=O)c(OC)cc3[C@H]1CC2. The summed E-state index contributed by atoms with van der Waals surface area (Å²) in [6.07, 6.45) is 10.7. The lowest BCUT2D eigenvalue weighted by Crippen LogP contribution is -2.36. The number of nitrogens with two attached hydrogens (primary N) is 1. The van der Waals surface area contributed by atoms with E-state index in [4.69, 9.17) is 14.1 Å². The Hall–Kier alpha value is -1.53. The van der Waals surface area contributed by atoms with Crippen LogP contribution in [0, 0.1) is 11.3 Å². The van der Waals surface area contributed by atoms with Gasteiger partial charge in [-0.2, -0.15) is 13.6 Å². The molecule has 1 fully saturated rings. The summed E-state index contributed by atoms with van der Waals surface area (Å²) in [5.41, 5.74) is 4.57. The lowest BCUT2D eigenvalue weighted by atomic mass is 9.57. The molecule has 2 N–H and O–H groups in total. The van der Waals surface area contributed by atoms with Crippen LogP contribution in [0.15, 0.2) is 23.8 Å². The summed E-state index contributed by atoms with van der Waals surface area (Å²) in [5.74, 6) is 1.71. The van der Waals surface area contributed by atoms with Crippen LogP contribution in [0.5, 0.6) is 11.5 Å². The van der Waals surface area contributed by atoms with E-state index < -0.39 is 10.3 Å². The van der Waals surface area contributed by atoms with Gasteiger partial charge in [-0.1, -0.05) is 18.6 Å². The third-order valence-electron chi connectivity index (χ3n) is 6.85. The average Bonchev–Trinajstić information content (AvgIpc) is 3.04. The topological polar surface area (TPSA) is 78.6 Å². The van der Waals surface area contributed by atoms with Crippen LogP contribution in [0.1, 0.15) is 62.5 Å². The highest BCUT2D eigenvalue weighted by atomic mass is 32.2. The second-order valence-corrected chi connectivity index (χ2v) is 9.05. The Morgan fingerprint density at radius 1 is 1.19 bits per heavy atom. The van der Waals surface area contributed by atoms with E-state index >= 15 is 0 Å². The van der Waals surface area contributed by atoms with E-state index in [1.165, 1.54) is 44.8 Å². The van der Waals surface area contributed by atoms with Crippen molar-refractivity contribution in [3.63, 3.8) is 0 Å². The zero-order valence-corrected chi connectivity index (χ0v) is 16.3. The first-order valence-corrected chi connectivity index (χ1v) is 11.0. The molecule has 1 aromatic carbocycles. The van der Waals surface area contributed by atoms with E-state index in [0.717, 1.165) is 18.4 Å². The van der Waals surface area contributed by atoms with Gasteiger partial charge in [0.2, 0.25) is 0 Å². The molecule has 0 heterocycles. The summed E-state index contributed by atoms with van der Waals surface area (Å²) in [6.45, 7) is 2.33. The third kappa shape index (κ3) is 2.83. The fourth-order valence-corrected chi connectivity index (χ4v) is 6.04. The molecule has 0 saturated heterocycles. The van der Waals surface area contributed by atoms with E-state index in [9.17, 15) is 8.42 Å². The van der Waals surface area contributed by atoms with Crippen LogP contribution >= 0.6 is 0 Å². The molecule has 0 amide bonds. The van der Waals surface area contributed by atoms with Crippen molar-refractivity contribution < 1.29 is 17.3 Å². The van der Waals surface area contributed by atoms with Crippen LogP contribution in [0.2, 0.25) is 0 Å². The molecule has 4 rings (SSSR count). The van der Waals surface area contributed by atoms with Gasteiger partial charge in [0.05, 0.1) is 7.11 Å². The summed E-state index contributed by atoms with van der Waals surface area (Å²) in [6, 6.07) is 3.78. The number of hydrogen-bond acceptors (Lipinski definition) is 4. The molecular formula is C20H27NO4S. The lowest BCUT2D eigenvalue weighted by molar-refractivity contribution is 0.191. The van der Waals surface area contributed by atoms with Crippen molar-refractivity contribution >= 4 is 10.3 Å². The second kappa shape index (κ2) is 6.27. The van der Waals surface area contributed by atoms with Crippen molar-refractivity contribution in [3.05, 3.63) is 34.9 Å². The molecule has 3 aliphatic carbocycles. The first-order valence-electron chi connectivity index (χ1n) is 9.50. The highest BCUT2D eigenvalue weighted by Gasteiger charge is 2.47. The van der Waals surface area contributed by atoms with E-state index in [1.54, 1.807) is 11.6 Å². The first-order chi connectivity index (χ1) is 12.4. The molecule has 0 bridgehead atoms. The predicted octanol–water partition coefficient (Wildman–Crippen LogP) is 3.83. The Morgan fingerprint density at radius 2 is 2.00 bits per heavy atom. The maximum atomic E-state index is 11.4. The zero-order valence-electron chi connectivity index (χ0n) is 15.5. The fourth-order valence-electron chi connectivity index (χ4n) is 5.66. The van der Waals surface area contributed by atoms with E-state index in [-0.39, 0.29) is 5.75 Å². The minimum atomic E-state index is -4.07. The van der Waals surface area contributed by atoms with E-state index in [1.807, 2.05) is 6.07 Å². The summed E-state index contributed by atoms with van der Waals surface area (Å²) in [4.78, 5) is 0. The van der Waals surface area contributed by atoms with Gasteiger partial charge in [-0.25, -0.2) is 0 Å². The molecule has 3 aliphatic rings. The Balaban J connectivity index is 1.73. The molecular weight excluding hydrogens is 350 g/mol. The molecule has 0 aromatic heterocycles. The number of benzene rings is 1. The standard InChI is InChI=1S/C20H27NO4S/c1-3-20-9-4-5-17(20)15-7-6-13-11-19(25-26(21,22)23)18(24-2)12-16(13)14(15)8-10-20/h5,11-12,14-15H,3-4,6-10H2,1-2H3,(H2,21,22,23)/t14-,15+,20-/m0/s1. The molecule has 1 aromatic rings. The number of fused-ring (bicyclic) bond motifs is 5. The van der Waals surface area contributed by atoms with Gasteiger partial charge in [-0.05, 0) is 85.5 Å². The molecule has 3 atom stereocenters. The molecule has 5 nitrogen and oxygen atoms in total. The van der Waals surface area contributed by atoms with Crippen LogP contribution in [-0.4, -0.2) is 15.5 Å². The quantitative estimate of drug-likeness (QED) is 0.809. The van der Waals surface area contributed by atoms with Gasteiger partial charge in [0.25, 0.3) is 0 Å². The molecule has 0 spiro atoms. The maximum Gasteiger partial charge on any atom is 0.380 e. The van der Waals surface area contributed by atoms with Crippen LogP contribution in [0.25, 0.3) is 0 Å². The van der Waals surface area contributed by atoms with Crippen molar-refractivity contribution in [3.8, 4) is 11.5 Å². The van der Waals surface area contributed by atoms with Gasteiger partial charge in [-0.15, -0.1) is 0 Å². The van der Waals surface area contributed by atoms with Gasteiger partial charge < -0.3 is 8.92 Å². The van der Waals surface area contributed by atoms with Gasteiger partial charge in [0.15, 0.2) is 11.5 Å². The third-order valence-corrected chi connectivity index (χ3v) is 7.26.